The molecule has 0 bridgehead atoms. The molecule has 0 unspecified atom stereocenters. The van der Waals surface area contributed by atoms with E-state index in [2.05, 4.69) is 22.8 Å². The van der Waals surface area contributed by atoms with Crippen molar-refractivity contribution in [3.8, 4) is 11.1 Å². The zero-order valence-corrected chi connectivity index (χ0v) is 20.2. The van der Waals surface area contributed by atoms with Crippen LogP contribution in [0.5, 0.6) is 0 Å². The SMILES string of the molecule is O=C(N[C@@H](CCCCNC(=O)OC1=CCCCC1)C(=O)O)OCC1c2ccccc2-c2ccccc21. The van der Waals surface area contributed by atoms with Crippen LogP contribution in [0.2, 0.25) is 0 Å². The predicted molar refractivity (Wildman–Crippen MR) is 135 cm³/mol. The highest BCUT2D eigenvalue weighted by Gasteiger charge is 2.29. The molecule has 3 N–H and O–H groups in total. The molecular weight excluding hydrogens is 460 g/mol. The van der Waals surface area contributed by atoms with Gasteiger partial charge in [-0.15, -0.1) is 0 Å². The van der Waals surface area contributed by atoms with Crippen molar-refractivity contribution in [3.05, 3.63) is 71.5 Å². The van der Waals surface area contributed by atoms with Crippen molar-refractivity contribution in [2.45, 2.75) is 56.9 Å². The van der Waals surface area contributed by atoms with Gasteiger partial charge in [0.15, 0.2) is 0 Å². The lowest BCUT2D eigenvalue weighted by Gasteiger charge is -2.17. The molecule has 0 spiro atoms. The van der Waals surface area contributed by atoms with E-state index in [4.69, 9.17) is 9.47 Å². The molecule has 1 atom stereocenters. The number of rotatable bonds is 10. The second-order valence-electron chi connectivity index (χ2n) is 9.09. The van der Waals surface area contributed by atoms with Crippen LogP contribution in [-0.4, -0.2) is 42.5 Å². The molecule has 0 aliphatic heterocycles. The quantitative estimate of drug-likeness (QED) is 0.386. The molecule has 0 saturated carbocycles. The number of allylic oxidation sites excluding steroid dienone is 2. The summed E-state index contributed by atoms with van der Waals surface area (Å²) in [5, 5.41) is 14.7. The lowest BCUT2D eigenvalue weighted by molar-refractivity contribution is -0.139. The first-order chi connectivity index (χ1) is 17.5. The van der Waals surface area contributed by atoms with E-state index in [-0.39, 0.29) is 18.9 Å². The van der Waals surface area contributed by atoms with Crippen LogP contribution in [0, 0.1) is 0 Å². The summed E-state index contributed by atoms with van der Waals surface area (Å²) in [6.07, 6.45) is 5.81. The average molecular weight is 493 g/mol. The number of carbonyl (C=O) groups is 3. The Balaban J connectivity index is 1.20. The van der Waals surface area contributed by atoms with Crippen LogP contribution in [0.1, 0.15) is 62.0 Å². The van der Waals surface area contributed by atoms with Gasteiger partial charge < -0.3 is 25.2 Å². The van der Waals surface area contributed by atoms with Gasteiger partial charge in [0.2, 0.25) is 0 Å². The van der Waals surface area contributed by atoms with Crippen LogP contribution >= 0.6 is 0 Å². The van der Waals surface area contributed by atoms with Crippen molar-refractivity contribution in [3.63, 3.8) is 0 Å². The van der Waals surface area contributed by atoms with Crippen molar-refractivity contribution >= 4 is 18.2 Å². The van der Waals surface area contributed by atoms with Crippen LogP contribution < -0.4 is 10.6 Å². The van der Waals surface area contributed by atoms with E-state index in [1.807, 2.05) is 42.5 Å². The Morgan fingerprint density at radius 2 is 1.64 bits per heavy atom. The summed E-state index contributed by atoms with van der Waals surface area (Å²) >= 11 is 0. The minimum Gasteiger partial charge on any atom is -0.480 e. The first-order valence-corrected chi connectivity index (χ1v) is 12.5. The van der Waals surface area contributed by atoms with Gasteiger partial charge in [-0.2, -0.15) is 0 Å². The number of carbonyl (C=O) groups excluding carboxylic acids is 2. The van der Waals surface area contributed by atoms with Crippen molar-refractivity contribution in [2.24, 2.45) is 0 Å². The summed E-state index contributed by atoms with van der Waals surface area (Å²) in [6, 6.07) is 15.0. The van der Waals surface area contributed by atoms with Crippen molar-refractivity contribution < 1.29 is 29.0 Å². The number of hydrogen-bond acceptors (Lipinski definition) is 5. The Morgan fingerprint density at radius 1 is 0.944 bits per heavy atom. The minimum absolute atomic E-state index is 0.0957. The van der Waals surface area contributed by atoms with Crippen LogP contribution in [-0.2, 0) is 14.3 Å². The molecule has 2 aromatic carbocycles. The van der Waals surface area contributed by atoms with Crippen molar-refractivity contribution in [1.29, 1.82) is 0 Å². The molecule has 0 fully saturated rings. The van der Waals surface area contributed by atoms with Gasteiger partial charge in [-0.3, -0.25) is 0 Å². The fourth-order valence-electron chi connectivity index (χ4n) is 4.76. The van der Waals surface area contributed by atoms with E-state index in [1.165, 1.54) is 0 Å². The van der Waals surface area contributed by atoms with E-state index < -0.39 is 24.2 Å². The number of nitrogens with one attached hydrogen (secondary N) is 2. The number of carboxylic acid groups (broad SMARTS) is 1. The van der Waals surface area contributed by atoms with Gasteiger partial charge in [-0.25, -0.2) is 14.4 Å². The maximum Gasteiger partial charge on any atom is 0.412 e. The van der Waals surface area contributed by atoms with Gasteiger partial charge in [0, 0.05) is 18.9 Å². The van der Waals surface area contributed by atoms with E-state index in [9.17, 15) is 19.5 Å². The number of ether oxygens (including phenoxy) is 2. The number of benzene rings is 2. The molecule has 2 amide bonds. The van der Waals surface area contributed by atoms with E-state index in [0.717, 1.165) is 47.9 Å². The Bertz CT molecular complexity index is 1080. The third-order valence-electron chi connectivity index (χ3n) is 6.60. The second-order valence-corrected chi connectivity index (χ2v) is 9.09. The van der Waals surface area contributed by atoms with E-state index >= 15 is 0 Å². The van der Waals surface area contributed by atoms with E-state index in [1.54, 1.807) is 0 Å². The molecule has 2 aromatic rings. The molecule has 8 heteroatoms. The van der Waals surface area contributed by atoms with E-state index in [0.29, 0.717) is 25.1 Å². The van der Waals surface area contributed by atoms with Gasteiger partial charge in [0.1, 0.15) is 18.4 Å². The molecule has 0 radical (unpaired) electrons. The Labute approximate surface area is 210 Å². The van der Waals surface area contributed by atoms with Crippen molar-refractivity contribution in [2.75, 3.05) is 13.2 Å². The Morgan fingerprint density at radius 3 is 2.28 bits per heavy atom. The Hall–Kier alpha value is -3.81. The number of unbranched alkanes of at least 4 members (excludes halogenated alkanes) is 1. The molecule has 190 valence electrons. The fourth-order valence-corrected chi connectivity index (χ4v) is 4.76. The third-order valence-corrected chi connectivity index (χ3v) is 6.60. The number of carboxylic acids is 1. The molecule has 2 aliphatic rings. The average Bonchev–Trinajstić information content (AvgIpc) is 3.20. The molecular formula is C28H32N2O6. The van der Waals surface area contributed by atoms with Crippen LogP contribution in [0.25, 0.3) is 11.1 Å². The molecule has 36 heavy (non-hydrogen) atoms. The summed E-state index contributed by atoms with van der Waals surface area (Å²) < 4.78 is 10.7. The molecule has 0 saturated heterocycles. The minimum atomic E-state index is -1.12. The monoisotopic (exact) mass is 492 g/mol. The number of fused-ring (bicyclic) bond motifs is 3. The normalized spacial score (nSPS) is 15.2. The topological polar surface area (TPSA) is 114 Å². The summed E-state index contributed by atoms with van der Waals surface area (Å²) in [7, 11) is 0. The highest BCUT2D eigenvalue weighted by atomic mass is 16.6. The Kier molecular flexibility index (Phi) is 8.60. The third kappa shape index (κ3) is 6.44. The lowest BCUT2D eigenvalue weighted by Crippen LogP contribution is -2.41. The largest absolute Gasteiger partial charge is 0.480 e. The lowest BCUT2D eigenvalue weighted by atomic mass is 9.98. The van der Waals surface area contributed by atoms with Gasteiger partial charge >= 0.3 is 18.2 Å². The van der Waals surface area contributed by atoms with Crippen LogP contribution in [0.15, 0.2) is 60.4 Å². The first kappa shape index (κ1) is 25.3. The highest BCUT2D eigenvalue weighted by molar-refractivity contribution is 5.81. The van der Waals surface area contributed by atoms with Gasteiger partial charge in [0.25, 0.3) is 0 Å². The summed E-state index contributed by atoms with van der Waals surface area (Å²) in [5.41, 5.74) is 4.43. The summed E-state index contributed by atoms with van der Waals surface area (Å²) in [4.78, 5) is 35.9. The van der Waals surface area contributed by atoms with Gasteiger partial charge in [0.05, 0.1) is 0 Å². The molecule has 4 rings (SSSR count). The molecule has 8 nitrogen and oxygen atoms in total. The number of hydrogen-bond donors (Lipinski definition) is 3. The number of amides is 2. The van der Waals surface area contributed by atoms with Crippen LogP contribution in [0.3, 0.4) is 0 Å². The second kappa shape index (κ2) is 12.2. The highest BCUT2D eigenvalue weighted by Crippen LogP contribution is 2.44. The number of alkyl carbamates (subject to hydrolysis) is 2. The van der Waals surface area contributed by atoms with Gasteiger partial charge in [-0.05, 0) is 66.9 Å². The summed E-state index contributed by atoms with van der Waals surface area (Å²) in [5.74, 6) is -0.515. The molecule has 2 aliphatic carbocycles. The van der Waals surface area contributed by atoms with Crippen LogP contribution in [0.4, 0.5) is 9.59 Å². The zero-order chi connectivity index (χ0) is 25.3. The number of aliphatic carboxylic acids is 1. The van der Waals surface area contributed by atoms with Crippen molar-refractivity contribution in [1.82, 2.24) is 10.6 Å². The predicted octanol–water partition coefficient (Wildman–Crippen LogP) is 5.33. The molecule has 0 heterocycles. The van der Waals surface area contributed by atoms with Gasteiger partial charge in [-0.1, -0.05) is 48.5 Å². The smallest absolute Gasteiger partial charge is 0.412 e. The zero-order valence-electron chi connectivity index (χ0n) is 20.2. The maximum absolute atomic E-state index is 12.4. The maximum atomic E-state index is 12.4. The molecule has 0 aromatic heterocycles. The first-order valence-electron chi connectivity index (χ1n) is 12.5. The summed E-state index contributed by atoms with van der Waals surface area (Å²) in [6.45, 7) is 0.484. The standard InChI is InChI=1S/C28H32N2O6/c31-26(32)25(16-8-9-17-29-27(33)36-19-10-2-1-3-11-19)30-28(34)35-18-24-22-14-6-4-12-20(22)21-13-5-7-15-23(21)24/h4-7,10,12-15,24-25H,1-3,8-9,11,16-18H2,(H,29,33)(H,30,34)(H,31,32)/t25-/m0/s1. The fraction of sp³-hybridized carbons (Fsp3) is 0.393.